The van der Waals surface area contributed by atoms with Crippen molar-refractivity contribution in [1.29, 1.82) is 0 Å². The van der Waals surface area contributed by atoms with Gasteiger partial charge in [-0.1, -0.05) is 12.1 Å². The number of hydrogen-bond acceptors (Lipinski definition) is 1. The van der Waals surface area contributed by atoms with Crippen LogP contribution in [0.5, 0.6) is 0 Å². The summed E-state index contributed by atoms with van der Waals surface area (Å²) in [6.45, 7) is -0.745. The quantitative estimate of drug-likeness (QED) is 0.760. The summed E-state index contributed by atoms with van der Waals surface area (Å²) < 4.78 is 50.0. The number of alkyl halides is 3. The predicted molar refractivity (Wildman–Crippen MR) is 47.5 cm³/mol. The molecule has 1 N–H and O–H groups in total. The topological polar surface area (TPSA) is 20.2 Å². The Labute approximate surface area is 83.7 Å². The number of aliphatic hydroxyl groups excluding tert-OH is 1. The van der Waals surface area contributed by atoms with Crippen LogP contribution in [0.25, 0.3) is 5.57 Å². The van der Waals surface area contributed by atoms with Gasteiger partial charge >= 0.3 is 6.18 Å². The summed E-state index contributed by atoms with van der Waals surface area (Å²) in [5, 5.41) is 8.46. The zero-order chi connectivity index (χ0) is 11.5. The second-order valence-corrected chi connectivity index (χ2v) is 2.81. The van der Waals surface area contributed by atoms with E-state index in [0.29, 0.717) is 6.08 Å². The molecule has 0 spiro atoms. The molecule has 1 nitrogen and oxygen atoms in total. The highest BCUT2D eigenvalue weighted by atomic mass is 19.4. The van der Waals surface area contributed by atoms with Crippen LogP contribution in [0.2, 0.25) is 0 Å². The van der Waals surface area contributed by atoms with Gasteiger partial charge in [0.15, 0.2) is 0 Å². The maximum Gasteiger partial charge on any atom is 0.416 e. The lowest BCUT2D eigenvalue weighted by atomic mass is 10.1. The van der Waals surface area contributed by atoms with E-state index in [1.165, 1.54) is 6.07 Å². The van der Waals surface area contributed by atoms with Crippen LogP contribution in [0, 0.1) is 5.82 Å². The molecule has 0 radical (unpaired) electrons. The van der Waals surface area contributed by atoms with Crippen LogP contribution < -0.4 is 0 Å². The lowest BCUT2D eigenvalue weighted by Gasteiger charge is -2.11. The third-order valence-electron chi connectivity index (χ3n) is 1.74. The lowest BCUT2D eigenvalue weighted by Crippen LogP contribution is -2.11. The lowest BCUT2D eigenvalue weighted by molar-refractivity contribution is -0.0692. The zero-order valence-corrected chi connectivity index (χ0v) is 7.55. The molecule has 0 heterocycles. The monoisotopic (exact) mass is 220 g/mol. The molecule has 0 aliphatic heterocycles. The minimum Gasteiger partial charge on any atom is -0.392 e. The van der Waals surface area contributed by atoms with Crippen LogP contribution in [-0.4, -0.2) is 17.9 Å². The second-order valence-electron chi connectivity index (χ2n) is 2.81. The molecule has 0 aromatic heterocycles. The highest BCUT2D eigenvalue weighted by Gasteiger charge is 2.34. The largest absolute Gasteiger partial charge is 0.416 e. The minimum atomic E-state index is -4.60. The van der Waals surface area contributed by atoms with Gasteiger partial charge in [-0.2, -0.15) is 13.2 Å². The molecule has 0 amide bonds. The Morgan fingerprint density at radius 2 is 2.00 bits per heavy atom. The summed E-state index contributed by atoms with van der Waals surface area (Å²) in [5.41, 5.74) is -1.33. The van der Waals surface area contributed by atoms with Gasteiger partial charge in [-0.25, -0.2) is 4.39 Å². The van der Waals surface area contributed by atoms with Crippen molar-refractivity contribution in [2.45, 2.75) is 6.18 Å². The maximum absolute atomic E-state index is 12.7. The summed E-state index contributed by atoms with van der Waals surface area (Å²) in [4.78, 5) is 0. The zero-order valence-electron chi connectivity index (χ0n) is 7.55. The number of benzene rings is 1. The van der Waals surface area contributed by atoms with E-state index in [0.717, 1.165) is 18.2 Å². The van der Waals surface area contributed by atoms with E-state index in [-0.39, 0.29) is 5.56 Å². The molecule has 0 atom stereocenters. The fourth-order valence-electron chi connectivity index (χ4n) is 1.14. The molecule has 15 heavy (non-hydrogen) atoms. The summed E-state index contributed by atoms with van der Waals surface area (Å²) in [6, 6.07) is 4.14. The van der Waals surface area contributed by atoms with Crippen molar-refractivity contribution in [3.63, 3.8) is 0 Å². The number of rotatable bonds is 2. The molecule has 0 saturated heterocycles. The van der Waals surface area contributed by atoms with E-state index in [4.69, 9.17) is 5.11 Å². The summed E-state index contributed by atoms with van der Waals surface area (Å²) in [5.74, 6) is -0.749. The van der Waals surface area contributed by atoms with Gasteiger partial charge in [-0.15, -0.1) is 0 Å². The Bertz CT molecular complexity index is 368. The van der Waals surface area contributed by atoms with Crippen molar-refractivity contribution in [2.24, 2.45) is 0 Å². The molecule has 1 aromatic rings. The summed E-state index contributed by atoms with van der Waals surface area (Å²) in [7, 11) is 0. The fraction of sp³-hybridized carbons (Fsp3) is 0.200. The average Bonchev–Trinajstić information content (AvgIpc) is 2.12. The van der Waals surface area contributed by atoms with E-state index in [9.17, 15) is 17.6 Å². The van der Waals surface area contributed by atoms with Gasteiger partial charge in [0, 0.05) is 0 Å². The normalized spacial score (nSPS) is 13.0. The van der Waals surface area contributed by atoms with Crippen LogP contribution >= 0.6 is 0 Å². The standard InChI is InChI=1S/C10H8F4O/c11-8-3-1-2-7(6-8)9(4-5-15)10(12,13)14/h1-4,6,15H,5H2/b9-4+. The van der Waals surface area contributed by atoms with Crippen LogP contribution in [0.4, 0.5) is 17.6 Å². The molecule has 82 valence electrons. The highest BCUT2D eigenvalue weighted by Crippen LogP contribution is 2.33. The minimum absolute atomic E-state index is 0.295. The predicted octanol–water partition coefficient (Wildman–Crippen LogP) is 2.76. The molecular formula is C10H8F4O. The summed E-state index contributed by atoms with van der Waals surface area (Å²) in [6.07, 6.45) is -3.99. The van der Waals surface area contributed by atoms with Gasteiger partial charge in [-0.05, 0) is 23.8 Å². The first kappa shape index (κ1) is 11.7. The average molecular weight is 220 g/mol. The first-order valence-corrected chi connectivity index (χ1v) is 4.09. The first-order valence-electron chi connectivity index (χ1n) is 4.09. The van der Waals surface area contributed by atoms with E-state index < -0.39 is 24.2 Å². The molecule has 0 aliphatic rings. The van der Waals surface area contributed by atoms with Crippen molar-refractivity contribution in [1.82, 2.24) is 0 Å². The van der Waals surface area contributed by atoms with E-state index >= 15 is 0 Å². The third-order valence-corrected chi connectivity index (χ3v) is 1.74. The van der Waals surface area contributed by atoms with Gasteiger partial charge in [0.2, 0.25) is 0 Å². The molecular weight excluding hydrogens is 212 g/mol. The molecule has 5 heteroatoms. The van der Waals surface area contributed by atoms with E-state index in [1.54, 1.807) is 0 Å². The Morgan fingerprint density at radius 3 is 2.47 bits per heavy atom. The Kier molecular flexibility index (Phi) is 3.47. The van der Waals surface area contributed by atoms with Crippen LogP contribution in [-0.2, 0) is 0 Å². The molecule has 0 unspecified atom stereocenters. The Morgan fingerprint density at radius 1 is 1.33 bits per heavy atom. The van der Waals surface area contributed by atoms with Crippen molar-refractivity contribution < 1.29 is 22.7 Å². The molecule has 0 aliphatic carbocycles. The van der Waals surface area contributed by atoms with Crippen molar-refractivity contribution >= 4 is 5.57 Å². The summed E-state index contributed by atoms with van der Waals surface area (Å²) >= 11 is 0. The van der Waals surface area contributed by atoms with E-state index in [2.05, 4.69) is 0 Å². The SMILES string of the molecule is OC/C=C(\c1cccc(F)c1)C(F)(F)F. The smallest absolute Gasteiger partial charge is 0.392 e. The highest BCUT2D eigenvalue weighted by molar-refractivity contribution is 5.69. The van der Waals surface area contributed by atoms with E-state index in [1.807, 2.05) is 0 Å². The number of allylic oxidation sites excluding steroid dienone is 1. The van der Waals surface area contributed by atoms with Crippen LogP contribution in [0.15, 0.2) is 30.3 Å². The Hall–Kier alpha value is -1.36. The second kappa shape index (κ2) is 4.44. The van der Waals surface area contributed by atoms with Gasteiger partial charge in [0.25, 0.3) is 0 Å². The van der Waals surface area contributed by atoms with Gasteiger partial charge < -0.3 is 5.11 Å². The molecule has 0 saturated carbocycles. The fourth-order valence-corrected chi connectivity index (χ4v) is 1.14. The number of hydrogen-bond donors (Lipinski definition) is 1. The molecule has 1 aromatic carbocycles. The van der Waals surface area contributed by atoms with Gasteiger partial charge in [0.05, 0.1) is 12.2 Å². The van der Waals surface area contributed by atoms with Crippen LogP contribution in [0.1, 0.15) is 5.56 Å². The maximum atomic E-state index is 12.7. The van der Waals surface area contributed by atoms with Gasteiger partial charge in [-0.3, -0.25) is 0 Å². The van der Waals surface area contributed by atoms with Gasteiger partial charge in [0.1, 0.15) is 5.82 Å². The van der Waals surface area contributed by atoms with Crippen molar-refractivity contribution in [3.05, 3.63) is 41.7 Å². The molecule has 0 bridgehead atoms. The number of aliphatic hydroxyl groups is 1. The first-order chi connectivity index (χ1) is 6.95. The van der Waals surface area contributed by atoms with Crippen LogP contribution in [0.3, 0.4) is 0 Å². The molecule has 0 fully saturated rings. The third kappa shape index (κ3) is 3.06. The number of halogens is 4. The Balaban J connectivity index is 3.17. The van der Waals surface area contributed by atoms with Crippen molar-refractivity contribution in [3.8, 4) is 0 Å². The van der Waals surface area contributed by atoms with Crippen molar-refractivity contribution in [2.75, 3.05) is 6.61 Å². The molecule has 1 rings (SSSR count).